The third-order valence-electron chi connectivity index (χ3n) is 3.04. The molecule has 0 aliphatic carbocycles. The molecule has 8 heteroatoms. The van der Waals surface area contributed by atoms with Crippen molar-refractivity contribution in [2.75, 3.05) is 5.32 Å². The van der Waals surface area contributed by atoms with Gasteiger partial charge in [0.15, 0.2) is 0 Å². The Morgan fingerprint density at radius 3 is 2.74 bits per heavy atom. The molecule has 0 atom stereocenters. The first-order valence-electron chi connectivity index (χ1n) is 6.72. The Bertz CT molecular complexity index is 798. The molecule has 3 aromatic rings. The minimum absolute atomic E-state index is 0.0287. The van der Waals surface area contributed by atoms with E-state index in [1.165, 1.54) is 17.4 Å². The van der Waals surface area contributed by atoms with Crippen molar-refractivity contribution < 1.29 is 18.1 Å². The fourth-order valence-corrected chi connectivity index (χ4v) is 2.54. The molecule has 1 amide bonds. The zero-order valence-corrected chi connectivity index (χ0v) is 12.6. The van der Waals surface area contributed by atoms with E-state index < -0.39 is 23.2 Å². The molecule has 5 nitrogen and oxygen atoms in total. The van der Waals surface area contributed by atoms with Crippen molar-refractivity contribution in [2.24, 2.45) is 0 Å². The van der Waals surface area contributed by atoms with E-state index in [0.717, 1.165) is 17.7 Å². The number of thiophene rings is 1. The number of aromatic nitrogens is 2. The van der Waals surface area contributed by atoms with Gasteiger partial charge in [0.2, 0.25) is 17.6 Å². The Balaban J connectivity index is 1.59. The number of para-hydroxylation sites is 1. The number of amides is 1. The third kappa shape index (κ3) is 3.59. The fraction of sp³-hybridized carbons (Fsp3) is 0.133. The van der Waals surface area contributed by atoms with E-state index in [1.807, 2.05) is 16.8 Å². The van der Waals surface area contributed by atoms with Gasteiger partial charge < -0.3 is 9.84 Å². The van der Waals surface area contributed by atoms with Gasteiger partial charge in [-0.1, -0.05) is 11.2 Å². The average Bonchev–Trinajstić information content (AvgIpc) is 3.19. The van der Waals surface area contributed by atoms with Crippen molar-refractivity contribution in [1.82, 2.24) is 10.1 Å². The summed E-state index contributed by atoms with van der Waals surface area (Å²) in [5.41, 5.74) is 0.380. The molecule has 3 rings (SSSR count). The lowest BCUT2D eigenvalue weighted by Crippen LogP contribution is -2.14. The van der Waals surface area contributed by atoms with Crippen molar-refractivity contribution >= 4 is 22.9 Å². The number of halogens is 2. The molecular weight excluding hydrogens is 324 g/mol. The second kappa shape index (κ2) is 6.66. The molecule has 1 aromatic carbocycles. The number of aryl methyl sites for hydroxylation is 1. The molecule has 1 N–H and O–H groups in total. The number of benzene rings is 1. The van der Waals surface area contributed by atoms with Gasteiger partial charge in [0.05, 0.1) is 0 Å². The van der Waals surface area contributed by atoms with Crippen LogP contribution in [0.3, 0.4) is 0 Å². The predicted molar refractivity (Wildman–Crippen MR) is 80.9 cm³/mol. The van der Waals surface area contributed by atoms with E-state index >= 15 is 0 Å². The van der Waals surface area contributed by atoms with E-state index in [2.05, 4.69) is 15.5 Å². The molecule has 0 saturated carbocycles. The van der Waals surface area contributed by atoms with Crippen LogP contribution in [-0.2, 0) is 11.2 Å². The molecule has 0 spiro atoms. The second-order valence-electron chi connectivity index (χ2n) is 4.67. The minimum atomic E-state index is -0.823. The maximum absolute atomic E-state index is 13.4. The topological polar surface area (TPSA) is 68.0 Å². The third-order valence-corrected chi connectivity index (χ3v) is 3.72. The smallest absolute Gasteiger partial charge is 0.227 e. The van der Waals surface area contributed by atoms with Gasteiger partial charge in [0.1, 0.15) is 17.3 Å². The lowest BCUT2D eigenvalue weighted by Gasteiger charge is -2.06. The minimum Gasteiger partial charge on any atom is -0.339 e. The number of rotatable bonds is 5. The molecule has 0 aliphatic rings. The number of anilines is 1. The zero-order valence-electron chi connectivity index (χ0n) is 11.8. The van der Waals surface area contributed by atoms with Gasteiger partial charge in [-0.3, -0.25) is 4.79 Å². The number of carbonyl (C=O) groups is 1. The Morgan fingerprint density at radius 2 is 2.04 bits per heavy atom. The number of carbonyl (C=O) groups excluding carboxylic acids is 1. The number of hydrogen-bond donors (Lipinski definition) is 1. The number of nitrogens with one attached hydrogen (secondary N) is 1. The van der Waals surface area contributed by atoms with Crippen molar-refractivity contribution in [3.63, 3.8) is 0 Å². The first-order valence-corrected chi connectivity index (χ1v) is 7.67. The van der Waals surface area contributed by atoms with Crippen LogP contribution in [0.1, 0.15) is 12.3 Å². The Hall–Kier alpha value is -2.61. The summed E-state index contributed by atoms with van der Waals surface area (Å²) in [6.07, 6.45) is 0.151. The number of hydrogen-bond acceptors (Lipinski definition) is 5. The van der Waals surface area contributed by atoms with Gasteiger partial charge in [-0.15, -0.1) is 0 Å². The Morgan fingerprint density at radius 1 is 1.26 bits per heavy atom. The van der Waals surface area contributed by atoms with Crippen LogP contribution in [-0.4, -0.2) is 16.0 Å². The van der Waals surface area contributed by atoms with Crippen molar-refractivity contribution in [2.45, 2.75) is 12.8 Å². The normalized spacial score (nSPS) is 10.7. The van der Waals surface area contributed by atoms with Crippen LogP contribution in [0.25, 0.3) is 11.4 Å². The maximum atomic E-state index is 13.4. The van der Waals surface area contributed by atoms with E-state index in [4.69, 9.17) is 4.52 Å². The summed E-state index contributed by atoms with van der Waals surface area (Å²) in [5.74, 6) is -1.45. The Kier molecular flexibility index (Phi) is 4.42. The van der Waals surface area contributed by atoms with Crippen LogP contribution >= 0.6 is 11.3 Å². The van der Waals surface area contributed by atoms with Crippen LogP contribution in [0.2, 0.25) is 0 Å². The van der Waals surface area contributed by atoms with E-state index in [9.17, 15) is 13.6 Å². The van der Waals surface area contributed by atoms with Gasteiger partial charge in [-0.25, -0.2) is 8.78 Å². The fourth-order valence-electron chi connectivity index (χ4n) is 1.90. The summed E-state index contributed by atoms with van der Waals surface area (Å²) in [4.78, 5) is 16.0. The predicted octanol–water partition coefficient (Wildman–Crippen LogP) is 3.65. The van der Waals surface area contributed by atoms with Crippen LogP contribution < -0.4 is 5.32 Å². The van der Waals surface area contributed by atoms with Crippen molar-refractivity contribution in [3.05, 3.63) is 52.6 Å². The molecular formula is C15H11F2N3O2S. The highest BCUT2D eigenvalue weighted by Crippen LogP contribution is 2.20. The molecule has 0 aliphatic heterocycles. The molecule has 23 heavy (non-hydrogen) atoms. The zero-order chi connectivity index (χ0) is 16.2. The lowest BCUT2D eigenvalue weighted by molar-refractivity contribution is -0.116. The SMILES string of the molecule is O=C(CCc1nc(-c2ccsc2)no1)Nc1c(F)cccc1F. The Labute approximate surface area is 134 Å². The molecule has 0 fully saturated rings. The molecule has 118 valence electrons. The molecule has 0 radical (unpaired) electrons. The first-order chi connectivity index (χ1) is 11.1. The molecule has 2 aromatic heterocycles. The van der Waals surface area contributed by atoms with Gasteiger partial charge in [0.25, 0.3) is 0 Å². The second-order valence-corrected chi connectivity index (χ2v) is 5.45. The summed E-state index contributed by atoms with van der Waals surface area (Å²) in [6.45, 7) is 0. The first kappa shape index (κ1) is 15.3. The van der Waals surface area contributed by atoms with Crippen LogP contribution in [0.5, 0.6) is 0 Å². The van der Waals surface area contributed by atoms with E-state index in [-0.39, 0.29) is 18.7 Å². The van der Waals surface area contributed by atoms with Gasteiger partial charge in [-0.2, -0.15) is 16.3 Å². The average molecular weight is 335 g/mol. The lowest BCUT2D eigenvalue weighted by atomic mass is 10.2. The molecule has 0 bridgehead atoms. The highest BCUT2D eigenvalue weighted by atomic mass is 32.1. The molecule has 0 saturated heterocycles. The summed E-state index contributed by atoms with van der Waals surface area (Å²) in [7, 11) is 0. The summed E-state index contributed by atoms with van der Waals surface area (Å²) in [5, 5.41) is 9.79. The van der Waals surface area contributed by atoms with Crippen LogP contribution in [0, 0.1) is 11.6 Å². The summed E-state index contributed by atoms with van der Waals surface area (Å²) >= 11 is 1.51. The van der Waals surface area contributed by atoms with Gasteiger partial charge in [0, 0.05) is 23.8 Å². The highest BCUT2D eigenvalue weighted by molar-refractivity contribution is 7.08. The number of nitrogens with zero attached hydrogens (tertiary/aromatic N) is 2. The largest absolute Gasteiger partial charge is 0.339 e. The molecule has 2 heterocycles. The van der Waals surface area contributed by atoms with Crippen LogP contribution in [0.4, 0.5) is 14.5 Å². The highest BCUT2D eigenvalue weighted by Gasteiger charge is 2.14. The standard InChI is InChI=1S/C15H11F2N3O2S/c16-10-2-1-3-11(17)14(10)18-12(21)4-5-13-19-15(20-22-13)9-6-7-23-8-9/h1-3,6-8H,4-5H2,(H,18,21). The van der Waals surface area contributed by atoms with Crippen LogP contribution in [0.15, 0.2) is 39.5 Å². The van der Waals surface area contributed by atoms with Gasteiger partial charge >= 0.3 is 0 Å². The van der Waals surface area contributed by atoms with E-state index in [1.54, 1.807) is 0 Å². The quantitative estimate of drug-likeness (QED) is 0.773. The monoisotopic (exact) mass is 335 g/mol. The van der Waals surface area contributed by atoms with Crippen molar-refractivity contribution in [1.29, 1.82) is 0 Å². The van der Waals surface area contributed by atoms with Gasteiger partial charge in [-0.05, 0) is 23.6 Å². The summed E-state index contributed by atoms with van der Waals surface area (Å²) in [6, 6.07) is 5.23. The maximum Gasteiger partial charge on any atom is 0.227 e. The van der Waals surface area contributed by atoms with Crippen molar-refractivity contribution in [3.8, 4) is 11.4 Å². The molecule has 0 unspecified atom stereocenters. The van der Waals surface area contributed by atoms with E-state index in [0.29, 0.717) is 5.82 Å². The summed E-state index contributed by atoms with van der Waals surface area (Å²) < 4.78 is 31.9.